The number of hydrogen-bond acceptors (Lipinski definition) is 3. The van der Waals surface area contributed by atoms with Gasteiger partial charge in [0.15, 0.2) is 0 Å². The van der Waals surface area contributed by atoms with Crippen LogP contribution in [0.25, 0.3) is 0 Å². The highest BCUT2D eigenvalue weighted by molar-refractivity contribution is 6.06. The molecule has 140 valence electrons. The maximum Gasteiger partial charge on any atom is 0.269 e. The van der Waals surface area contributed by atoms with Crippen molar-refractivity contribution >= 4 is 17.2 Å². The van der Waals surface area contributed by atoms with Crippen LogP contribution in [0, 0.1) is 15.5 Å². The van der Waals surface area contributed by atoms with Crippen LogP contribution in [0.5, 0.6) is 0 Å². The molecule has 2 aliphatic heterocycles. The molecule has 0 aromatic heterocycles. The first-order valence-corrected chi connectivity index (χ1v) is 9.29. The van der Waals surface area contributed by atoms with E-state index in [2.05, 4.69) is 47.6 Å². The summed E-state index contributed by atoms with van der Waals surface area (Å²) in [6.07, 6.45) is 0. The Balaban J connectivity index is 1.80. The molecular formula is C21H24N3O3+. The molecule has 2 fully saturated rings. The van der Waals surface area contributed by atoms with E-state index < -0.39 is 0 Å². The molecule has 1 unspecified atom stereocenters. The maximum absolute atomic E-state index is 11.0. The van der Waals surface area contributed by atoms with Crippen molar-refractivity contribution in [1.82, 2.24) is 0 Å². The minimum Gasteiger partial charge on any atom is -0.373 e. The summed E-state index contributed by atoms with van der Waals surface area (Å²) in [6, 6.07) is 17.5. The Bertz CT molecular complexity index is 867. The van der Waals surface area contributed by atoms with Gasteiger partial charge in [-0.2, -0.15) is 0 Å². The van der Waals surface area contributed by atoms with Crippen molar-refractivity contribution in [2.24, 2.45) is 5.41 Å². The Morgan fingerprint density at radius 3 is 2.30 bits per heavy atom. The van der Waals surface area contributed by atoms with Gasteiger partial charge in [0.2, 0.25) is 0 Å². The van der Waals surface area contributed by atoms with Crippen LogP contribution in [-0.2, 0) is 4.74 Å². The first-order valence-electron chi connectivity index (χ1n) is 9.29. The molecule has 2 saturated heterocycles. The molecule has 0 saturated carbocycles. The minimum atomic E-state index is -0.356. The lowest BCUT2D eigenvalue weighted by Crippen LogP contribution is -2.65. The molecular weight excluding hydrogens is 342 g/mol. The van der Waals surface area contributed by atoms with Crippen molar-refractivity contribution in [3.8, 4) is 0 Å². The smallest absolute Gasteiger partial charge is 0.269 e. The molecule has 27 heavy (non-hydrogen) atoms. The van der Waals surface area contributed by atoms with E-state index in [9.17, 15) is 10.1 Å². The number of amidine groups is 1. The summed E-state index contributed by atoms with van der Waals surface area (Å²) in [4.78, 5) is 13.0. The molecule has 0 amide bonds. The Kier molecular flexibility index (Phi) is 4.44. The highest BCUT2D eigenvalue weighted by Gasteiger charge is 2.61. The summed E-state index contributed by atoms with van der Waals surface area (Å²) in [5.74, 6) is 1.26. The van der Waals surface area contributed by atoms with E-state index in [0.29, 0.717) is 0 Å². The van der Waals surface area contributed by atoms with Crippen LogP contribution in [0.1, 0.15) is 25.5 Å². The molecule has 6 nitrogen and oxygen atoms in total. The molecule has 6 heteroatoms. The molecule has 4 rings (SSSR count). The Labute approximate surface area is 158 Å². The number of non-ortho nitro benzene ring substituents is 1. The largest absolute Gasteiger partial charge is 0.373 e. The fourth-order valence-electron chi connectivity index (χ4n) is 4.35. The van der Waals surface area contributed by atoms with Crippen LogP contribution in [0.2, 0.25) is 0 Å². The van der Waals surface area contributed by atoms with Crippen LogP contribution in [0.15, 0.2) is 54.6 Å². The number of benzene rings is 2. The molecule has 0 N–H and O–H groups in total. The Morgan fingerprint density at radius 2 is 1.70 bits per heavy atom. The summed E-state index contributed by atoms with van der Waals surface area (Å²) in [5.41, 5.74) is 2.30. The monoisotopic (exact) mass is 366 g/mol. The lowest BCUT2D eigenvalue weighted by Gasteiger charge is -2.50. The Hall–Kier alpha value is -2.73. The predicted molar refractivity (Wildman–Crippen MR) is 104 cm³/mol. The van der Waals surface area contributed by atoms with E-state index in [4.69, 9.17) is 4.74 Å². The van der Waals surface area contributed by atoms with Crippen LogP contribution in [0.4, 0.5) is 11.4 Å². The van der Waals surface area contributed by atoms with Gasteiger partial charge in [0.25, 0.3) is 11.5 Å². The van der Waals surface area contributed by atoms with Crippen molar-refractivity contribution < 1.29 is 14.2 Å². The summed E-state index contributed by atoms with van der Waals surface area (Å²) in [5, 5.41) is 11.0. The topological polar surface area (TPSA) is 58.6 Å². The second kappa shape index (κ2) is 6.78. The molecule has 2 aromatic carbocycles. The van der Waals surface area contributed by atoms with Gasteiger partial charge < -0.3 is 4.74 Å². The van der Waals surface area contributed by atoms with E-state index in [1.165, 1.54) is 11.4 Å². The number of morpholine rings is 1. The number of nitrogens with zero attached hydrogens (tertiary/aromatic N) is 3. The molecule has 0 aliphatic carbocycles. The zero-order valence-electron chi connectivity index (χ0n) is 15.7. The van der Waals surface area contributed by atoms with Gasteiger partial charge in [0.05, 0.1) is 18.1 Å². The average Bonchev–Trinajstić information content (AvgIpc) is 2.68. The quantitative estimate of drug-likeness (QED) is 0.473. The summed E-state index contributed by atoms with van der Waals surface area (Å²) in [7, 11) is 0. The van der Waals surface area contributed by atoms with Gasteiger partial charge in [-0.15, -0.1) is 0 Å². The number of rotatable bonds is 3. The van der Waals surface area contributed by atoms with E-state index in [1.54, 1.807) is 12.1 Å². The van der Waals surface area contributed by atoms with Gasteiger partial charge in [-0.05, 0) is 31.5 Å². The average molecular weight is 366 g/mol. The van der Waals surface area contributed by atoms with E-state index >= 15 is 0 Å². The van der Waals surface area contributed by atoms with Crippen molar-refractivity contribution in [3.63, 3.8) is 0 Å². The number of nitro benzene ring substituents is 1. The first kappa shape index (κ1) is 17.7. The van der Waals surface area contributed by atoms with Crippen molar-refractivity contribution in [2.75, 3.05) is 31.2 Å². The number of nitro groups is 1. The van der Waals surface area contributed by atoms with E-state index in [0.717, 1.165) is 32.0 Å². The molecule has 2 aromatic rings. The predicted octanol–water partition coefficient (Wildman–Crippen LogP) is 3.62. The van der Waals surface area contributed by atoms with Crippen LogP contribution in [-0.4, -0.2) is 41.6 Å². The summed E-state index contributed by atoms with van der Waals surface area (Å²) >= 11 is 0. The highest BCUT2D eigenvalue weighted by Crippen LogP contribution is 2.52. The van der Waals surface area contributed by atoms with Gasteiger partial charge in [0.1, 0.15) is 30.2 Å². The van der Waals surface area contributed by atoms with Crippen LogP contribution >= 0.6 is 0 Å². The summed E-state index contributed by atoms with van der Waals surface area (Å²) < 4.78 is 7.93. The minimum absolute atomic E-state index is 0.0412. The third-order valence-electron chi connectivity index (χ3n) is 5.51. The van der Waals surface area contributed by atoms with Gasteiger partial charge in [-0.3, -0.25) is 14.7 Å². The van der Waals surface area contributed by atoms with Gasteiger partial charge in [0, 0.05) is 12.1 Å². The second-order valence-corrected chi connectivity index (χ2v) is 7.60. The molecule has 0 spiro atoms. The first-order chi connectivity index (χ1) is 13.0. The van der Waals surface area contributed by atoms with Crippen LogP contribution in [0.3, 0.4) is 0 Å². The van der Waals surface area contributed by atoms with Crippen molar-refractivity contribution in [2.45, 2.75) is 19.9 Å². The summed E-state index contributed by atoms with van der Waals surface area (Å²) in [6.45, 7) is 7.73. The van der Waals surface area contributed by atoms with E-state index in [-0.39, 0.29) is 22.1 Å². The van der Waals surface area contributed by atoms with Gasteiger partial charge in [-0.25, -0.2) is 4.90 Å². The van der Waals surface area contributed by atoms with Crippen LogP contribution < -0.4 is 4.90 Å². The Morgan fingerprint density at radius 1 is 1.07 bits per heavy atom. The van der Waals surface area contributed by atoms with Crippen molar-refractivity contribution in [3.05, 3.63) is 70.3 Å². The zero-order chi connectivity index (χ0) is 19.0. The second-order valence-electron chi connectivity index (χ2n) is 7.60. The number of ether oxygens (including phenoxy) is 1. The normalized spacial score (nSPS) is 21.7. The number of hydrogen-bond donors (Lipinski definition) is 0. The van der Waals surface area contributed by atoms with Crippen molar-refractivity contribution in [1.29, 1.82) is 0 Å². The lowest BCUT2D eigenvalue weighted by molar-refractivity contribution is -0.555. The third-order valence-corrected chi connectivity index (χ3v) is 5.51. The molecule has 2 heterocycles. The van der Waals surface area contributed by atoms with Gasteiger partial charge in [-0.1, -0.05) is 30.3 Å². The number of anilines is 1. The molecule has 2 aliphatic rings. The van der Waals surface area contributed by atoms with Gasteiger partial charge >= 0.3 is 0 Å². The fourth-order valence-corrected chi connectivity index (χ4v) is 4.35. The molecule has 1 atom stereocenters. The standard InChI is InChI=1S/C21H24N3O3/c1-21(2)19(16-6-4-3-5-7-16)23(20(21)22-12-14-27-15-13-22)17-8-10-18(11-9-17)24(25)26/h3-11,19H,12-15H2,1-2H3/q+1. The SMILES string of the molecule is CC1(C)C(=[N+]2CCOCC2)N(c2ccc([N+](=O)[O-])cc2)C1c1ccccc1. The highest BCUT2D eigenvalue weighted by atomic mass is 16.6. The van der Waals surface area contributed by atoms with E-state index in [1.807, 2.05) is 18.2 Å². The maximum atomic E-state index is 11.0. The zero-order valence-corrected chi connectivity index (χ0v) is 15.7. The lowest BCUT2D eigenvalue weighted by atomic mass is 9.69. The third kappa shape index (κ3) is 3.00. The molecule has 0 bridgehead atoms. The molecule has 0 radical (unpaired) electrons. The fraction of sp³-hybridized carbons (Fsp3) is 0.381.